The van der Waals surface area contributed by atoms with Crippen LogP contribution in [-0.4, -0.2) is 65.8 Å². The summed E-state index contributed by atoms with van der Waals surface area (Å²) in [5, 5.41) is 0. The molecule has 1 aromatic rings. The van der Waals surface area contributed by atoms with Gasteiger partial charge in [0.1, 0.15) is 17.7 Å². The van der Waals surface area contributed by atoms with Crippen molar-refractivity contribution in [2.45, 2.75) is 52.6 Å². The molecule has 1 unspecified atom stereocenters. The zero-order chi connectivity index (χ0) is 20.2. The van der Waals surface area contributed by atoms with Gasteiger partial charge in [0.2, 0.25) is 0 Å². The van der Waals surface area contributed by atoms with Gasteiger partial charge in [0, 0.05) is 37.4 Å². The van der Waals surface area contributed by atoms with E-state index < -0.39 is 5.60 Å². The lowest BCUT2D eigenvalue weighted by Crippen LogP contribution is -2.50. The number of hydrogen-bond donors (Lipinski definition) is 0. The number of aromatic nitrogens is 2. The van der Waals surface area contributed by atoms with Crippen molar-refractivity contribution in [1.82, 2.24) is 14.9 Å². The first kappa shape index (κ1) is 20.9. The van der Waals surface area contributed by atoms with Crippen molar-refractivity contribution in [3.63, 3.8) is 0 Å². The smallest absolute Gasteiger partial charge is 0.410 e. The van der Waals surface area contributed by atoms with Gasteiger partial charge in [0.15, 0.2) is 0 Å². The molecule has 0 radical (unpaired) electrons. The summed E-state index contributed by atoms with van der Waals surface area (Å²) in [6.07, 6.45) is 1.52. The zero-order valence-corrected chi connectivity index (χ0v) is 17.1. The van der Waals surface area contributed by atoms with Gasteiger partial charge in [-0.3, -0.25) is 4.79 Å². The fourth-order valence-corrected chi connectivity index (χ4v) is 3.16. The van der Waals surface area contributed by atoms with E-state index in [1.54, 1.807) is 11.2 Å². The molecule has 0 aromatic carbocycles. The van der Waals surface area contributed by atoms with Crippen LogP contribution in [0.15, 0.2) is 6.33 Å². The summed E-state index contributed by atoms with van der Waals surface area (Å²) in [7, 11) is 1.39. The van der Waals surface area contributed by atoms with Gasteiger partial charge in [-0.2, -0.15) is 0 Å². The number of hydrogen-bond acceptors (Lipinski definition) is 7. The Morgan fingerprint density at radius 2 is 1.81 bits per heavy atom. The highest BCUT2D eigenvalue weighted by molar-refractivity contribution is 5.71. The fourth-order valence-electron chi connectivity index (χ4n) is 3.16. The van der Waals surface area contributed by atoms with E-state index in [4.69, 9.17) is 9.47 Å². The lowest BCUT2D eigenvalue weighted by Gasteiger charge is -2.37. The van der Waals surface area contributed by atoms with Crippen molar-refractivity contribution in [2.24, 2.45) is 0 Å². The molecule has 8 nitrogen and oxygen atoms in total. The molecule has 27 heavy (non-hydrogen) atoms. The standard InChI is InChI=1S/C19H30N4O4/c1-13(11-15(24)26-6)16-14(2)20-12-21-17(16)22-7-9-23(10-8-22)18(25)27-19(3,4)5/h12-13H,7-11H2,1-6H3. The number of anilines is 1. The second kappa shape index (κ2) is 8.54. The maximum absolute atomic E-state index is 12.2. The van der Waals surface area contributed by atoms with Gasteiger partial charge in [0.25, 0.3) is 0 Å². The molecule has 150 valence electrons. The van der Waals surface area contributed by atoms with Gasteiger partial charge in [-0.25, -0.2) is 14.8 Å². The van der Waals surface area contributed by atoms with Crippen molar-refractivity contribution < 1.29 is 19.1 Å². The lowest BCUT2D eigenvalue weighted by molar-refractivity contribution is -0.140. The van der Waals surface area contributed by atoms with Gasteiger partial charge < -0.3 is 19.3 Å². The van der Waals surface area contributed by atoms with E-state index in [2.05, 4.69) is 14.9 Å². The highest BCUT2D eigenvalue weighted by Crippen LogP contribution is 2.30. The third-order valence-corrected chi connectivity index (χ3v) is 4.49. The Morgan fingerprint density at radius 3 is 2.37 bits per heavy atom. The van der Waals surface area contributed by atoms with E-state index in [0.717, 1.165) is 17.1 Å². The van der Waals surface area contributed by atoms with E-state index in [1.165, 1.54) is 7.11 Å². The van der Waals surface area contributed by atoms with E-state index in [-0.39, 0.29) is 24.4 Å². The molecule has 2 heterocycles. The molecule has 1 aliphatic rings. The Balaban J connectivity index is 2.11. The van der Waals surface area contributed by atoms with Crippen LogP contribution in [0.2, 0.25) is 0 Å². The van der Waals surface area contributed by atoms with E-state index in [0.29, 0.717) is 26.2 Å². The Bertz CT molecular complexity index is 679. The summed E-state index contributed by atoms with van der Waals surface area (Å²) in [6, 6.07) is 0. The molecule has 1 amide bonds. The Morgan fingerprint density at radius 1 is 1.19 bits per heavy atom. The third-order valence-electron chi connectivity index (χ3n) is 4.49. The van der Waals surface area contributed by atoms with Crippen LogP contribution in [0.5, 0.6) is 0 Å². The molecule has 1 aliphatic heterocycles. The molecule has 1 aromatic heterocycles. The number of aryl methyl sites for hydroxylation is 1. The Hall–Kier alpha value is -2.38. The average molecular weight is 378 g/mol. The number of methoxy groups -OCH3 is 1. The average Bonchev–Trinajstić information content (AvgIpc) is 2.59. The maximum atomic E-state index is 12.2. The van der Waals surface area contributed by atoms with Crippen molar-refractivity contribution in [3.05, 3.63) is 17.6 Å². The SMILES string of the molecule is COC(=O)CC(C)c1c(C)ncnc1N1CCN(C(=O)OC(C)(C)C)CC1. The van der Waals surface area contributed by atoms with Gasteiger partial charge in [-0.05, 0) is 33.6 Å². The van der Waals surface area contributed by atoms with Crippen molar-refractivity contribution in [1.29, 1.82) is 0 Å². The molecule has 0 bridgehead atoms. The van der Waals surface area contributed by atoms with Crippen LogP contribution in [0.3, 0.4) is 0 Å². The third kappa shape index (κ3) is 5.55. The highest BCUT2D eigenvalue weighted by Gasteiger charge is 2.29. The van der Waals surface area contributed by atoms with Gasteiger partial charge >= 0.3 is 12.1 Å². The van der Waals surface area contributed by atoms with Crippen LogP contribution < -0.4 is 4.90 Å². The number of carbonyl (C=O) groups is 2. The molecule has 0 spiro atoms. The number of rotatable bonds is 4. The van der Waals surface area contributed by atoms with E-state index in [9.17, 15) is 9.59 Å². The van der Waals surface area contributed by atoms with Gasteiger partial charge in [-0.15, -0.1) is 0 Å². The Labute approximate surface area is 160 Å². The summed E-state index contributed by atoms with van der Waals surface area (Å²) in [5.41, 5.74) is 1.30. The number of amides is 1. The quantitative estimate of drug-likeness (QED) is 0.744. The summed E-state index contributed by atoms with van der Waals surface area (Å²) < 4.78 is 10.2. The Kier molecular flexibility index (Phi) is 6.62. The molecular formula is C19H30N4O4. The van der Waals surface area contributed by atoms with Crippen LogP contribution >= 0.6 is 0 Å². The predicted octanol–water partition coefficient (Wildman–Crippen LogP) is 2.51. The molecule has 8 heteroatoms. The van der Waals surface area contributed by atoms with E-state index in [1.807, 2.05) is 34.6 Å². The minimum absolute atomic E-state index is 0.0578. The van der Waals surface area contributed by atoms with Gasteiger partial charge in [0.05, 0.1) is 13.5 Å². The molecule has 0 N–H and O–H groups in total. The fraction of sp³-hybridized carbons (Fsp3) is 0.684. The van der Waals surface area contributed by atoms with Crippen LogP contribution in [-0.2, 0) is 14.3 Å². The first-order valence-corrected chi connectivity index (χ1v) is 9.23. The topological polar surface area (TPSA) is 84.9 Å². The van der Waals surface area contributed by atoms with Crippen molar-refractivity contribution >= 4 is 17.9 Å². The zero-order valence-electron chi connectivity index (χ0n) is 17.1. The van der Waals surface area contributed by atoms with Crippen LogP contribution in [0, 0.1) is 6.92 Å². The van der Waals surface area contributed by atoms with Crippen molar-refractivity contribution in [2.75, 3.05) is 38.2 Å². The number of nitrogens with zero attached hydrogens (tertiary/aromatic N) is 4. The molecule has 1 saturated heterocycles. The summed E-state index contributed by atoms with van der Waals surface area (Å²) in [6.45, 7) is 11.9. The highest BCUT2D eigenvalue weighted by atomic mass is 16.6. The predicted molar refractivity (Wildman–Crippen MR) is 102 cm³/mol. The summed E-state index contributed by atoms with van der Waals surface area (Å²) in [5.74, 6) is 0.506. The lowest BCUT2D eigenvalue weighted by atomic mass is 9.96. The summed E-state index contributed by atoms with van der Waals surface area (Å²) >= 11 is 0. The van der Waals surface area contributed by atoms with Crippen LogP contribution in [0.25, 0.3) is 0 Å². The van der Waals surface area contributed by atoms with Crippen LogP contribution in [0.1, 0.15) is 51.3 Å². The number of carbonyl (C=O) groups excluding carboxylic acids is 2. The summed E-state index contributed by atoms with van der Waals surface area (Å²) in [4.78, 5) is 36.6. The second-order valence-electron chi connectivity index (χ2n) is 7.83. The number of ether oxygens (including phenoxy) is 2. The van der Waals surface area contributed by atoms with Crippen LogP contribution in [0.4, 0.5) is 10.6 Å². The molecule has 2 rings (SSSR count). The molecular weight excluding hydrogens is 348 g/mol. The molecule has 1 fully saturated rings. The largest absolute Gasteiger partial charge is 0.469 e. The molecule has 1 atom stereocenters. The minimum atomic E-state index is -0.505. The maximum Gasteiger partial charge on any atom is 0.410 e. The molecule has 0 saturated carbocycles. The number of esters is 1. The second-order valence-corrected chi connectivity index (χ2v) is 7.83. The number of piperazine rings is 1. The van der Waals surface area contributed by atoms with Crippen molar-refractivity contribution in [3.8, 4) is 0 Å². The van der Waals surface area contributed by atoms with Gasteiger partial charge in [-0.1, -0.05) is 6.92 Å². The van der Waals surface area contributed by atoms with E-state index >= 15 is 0 Å². The molecule has 0 aliphatic carbocycles. The monoisotopic (exact) mass is 378 g/mol. The minimum Gasteiger partial charge on any atom is -0.469 e. The first-order valence-electron chi connectivity index (χ1n) is 9.23. The first-order chi connectivity index (χ1) is 12.6. The normalized spacial score (nSPS) is 16.1.